The highest BCUT2D eigenvalue weighted by molar-refractivity contribution is 7.98. The number of aromatic hydroxyl groups is 1. The first-order valence-electron chi connectivity index (χ1n) is 8.85. The second-order valence-corrected chi connectivity index (χ2v) is 7.51. The van der Waals surface area contributed by atoms with Gasteiger partial charge in [0.15, 0.2) is 5.16 Å². The topological polar surface area (TPSA) is 81.2 Å². The zero-order valence-corrected chi connectivity index (χ0v) is 16.4. The molecule has 0 aliphatic rings. The normalized spacial score (nSPS) is 11.2. The van der Waals surface area contributed by atoms with Crippen molar-refractivity contribution in [3.05, 3.63) is 81.5 Å². The van der Waals surface area contributed by atoms with Gasteiger partial charge in [0.25, 0.3) is 0 Å². The lowest BCUT2D eigenvalue weighted by atomic mass is 10.1. The number of nitrogens with zero attached hydrogens (tertiary/aromatic N) is 3. The largest absolute Gasteiger partial charge is 0.508 e. The molecule has 6 nitrogen and oxygen atoms in total. The molecule has 2 aromatic carbocycles. The van der Waals surface area contributed by atoms with Gasteiger partial charge in [0, 0.05) is 22.8 Å². The molecule has 2 heterocycles. The van der Waals surface area contributed by atoms with Crippen molar-refractivity contribution in [1.82, 2.24) is 14.8 Å². The van der Waals surface area contributed by atoms with Crippen molar-refractivity contribution < 1.29 is 9.52 Å². The van der Waals surface area contributed by atoms with E-state index in [1.54, 1.807) is 19.1 Å². The van der Waals surface area contributed by atoms with Gasteiger partial charge in [-0.2, -0.15) is 0 Å². The van der Waals surface area contributed by atoms with E-state index in [0.29, 0.717) is 23.4 Å². The Balaban J connectivity index is 1.64. The van der Waals surface area contributed by atoms with Gasteiger partial charge in [-0.25, -0.2) is 4.79 Å². The van der Waals surface area contributed by atoms with Crippen LogP contribution in [0.3, 0.4) is 0 Å². The molecule has 0 atom stereocenters. The van der Waals surface area contributed by atoms with Crippen molar-refractivity contribution in [1.29, 1.82) is 0 Å². The van der Waals surface area contributed by atoms with Crippen molar-refractivity contribution in [3.8, 4) is 5.75 Å². The van der Waals surface area contributed by atoms with Crippen LogP contribution in [0.25, 0.3) is 11.0 Å². The number of phenols is 1. The predicted molar refractivity (Wildman–Crippen MR) is 109 cm³/mol. The van der Waals surface area contributed by atoms with Gasteiger partial charge in [0.2, 0.25) is 0 Å². The number of benzene rings is 2. The monoisotopic (exact) mass is 393 g/mol. The summed E-state index contributed by atoms with van der Waals surface area (Å²) in [5.41, 5.74) is 2.56. The molecule has 0 spiro atoms. The Bertz CT molecular complexity index is 1200. The molecule has 0 saturated carbocycles. The van der Waals surface area contributed by atoms with Gasteiger partial charge in [-0.3, -0.25) is 0 Å². The molecule has 0 bridgehead atoms. The minimum atomic E-state index is -0.432. The smallest absolute Gasteiger partial charge is 0.336 e. The number of thioether (sulfide) groups is 1. The van der Waals surface area contributed by atoms with Crippen LogP contribution in [0.4, 0.5) is 0 Å². The minimum absolute atomic E-state index is 0.110. The van der Waals surface area contributed by atoms with E-state index in [2.05, 4.69) is 26.9 Å². The summed E-state index contributed by atoms with van der Waals surface area (Å²) in [5, 5.41) is 20.0. The van der Waals surface area contributed by atoms with E-state index in [-0.39, 0.29) is 5.75 Å². The molecule has 4 rings (SSSR count). The fraction of sp³-hybridized carbons (Fsp3) is 0.190. The van der Waals surface area contributed by atoms with Crippen molar-refractivity contribution in [2.45, 2.75) is 31.3 Å². The summed E-state index contributed by atoms with van der Waals surface area (Å²) < 4.78 is 7.38. The van der Waals surface area contributed by atoms with E-state index < -0.39 is 5.63 Å². The molecule has 0 aliphatic carbocycles. The number of fused-ring (bicyclic) bond motifs is 1. The summed E-state index contributed by atoms with van der Waals surface area (Å²) >= 11 is 1.52. The highest BCUT2D eigenvalue weighted by Crippen LogP contribution is 2.30. The van der Waals surface area contributed by atoms with Gasteiger partial charge >= 0.3 is 5.63 Å². The number of phenolic OH excluding ortho intramolecular Hbond substituents is 1. The third kappa shape index (κ3) is 3.53. The lowest BCUT2D eigenvalue weighted by molar-refractivity contribution is 0.468. The predicted octanol–water partition coefficient (Wildman–Crippen LogP) is 4.05. The average Bonchev–Trinajstić information content (AvgIpc) is 3.03. The third-order valence-electron chi connectivity index (χ3n) is 4.66. The molecule has 2 aromatic heterocycles. The maximum absolute atomic E-state index is 12.0. The molecule has 1 N–H and O–H groups in total. The van der Waals surface area contributed by atoms with Gasteiger partial charge in [0.05, 0.1) is 6.54 Å². The summed E-state index contributed by atoms with van der Waals surface area (Å²) in [6.45, 7) is 4.35. The molecule has 28 heavy (non-hydrogen) atoms. The zero-order valence-electron chi connectivity index (χ0n) is 15.5. The van der Waals surface area contributed by atoms with Gasteiger partial charge < -0.3 is 14.1 Å². The molecule has 0 amide bonds. The van der Waals surface area contributed by atoms with Crippen LogP contribution >= 0.6 is 11.8 Å². The Labute approximate surface area is 165 Å². The maximum Gasteiger partial charge on any atom is 0.336 e. The molecule has 0 unspecified atom stereocenters. The van der Waals surface area contributed by atoms with Crippen LogP contribution in [-0.4, -0.2) is 19.9 Å². The number of hydrogen-bond donors (Lipinski definition) is 1. The first-order chi connectivity index (χ1) is 13.5. The number of aryl methyl sites for hydroxylation is 2. The van der Waals surface area contributed by atoms with E-state index in [9.17, 15) is 9.90 Å². The van der Waals surface area contributed by atoms with Crippen molar-refractivity contribution in [2.24, 2.45) is 0 Å². The number of hydrogen-bond acceptors (Lipinski definition) is 6. The Kier molecular flexibility index (Phi) is 4.92. The van der Waals surface area contributed by atoms with Crippen LogP contribution in [0.2, 0.25) is 0 Å². The number of rotatable bonds is 5. The van der Waals surface area contributed by atoms with Gasteiger partial charge in [-0.1, -0.05) is 42.1 Å². The molecule has 0 fully saturated rings. The lowest BCUT2D eigenvalue weighted by Gasteiger charge is -2.10. The van der Waals surface area contributed by atoms with E-state index in [0.717, 1.165) is 21.9 Å². The fourth-order valence-electron chi connectivity index (χ4n) is 3.09. The van der Waals surface area contributed by atoms with Gasteiger partial charge in [0.1, 0.15) is 17.2 Å². The molecule has 7 heteroatoms. The van der Waals surface area contributed by atoms with Crippen LogP contribution in [-0.2, 0) is 12.3 Å². The second kappa shape index (κ2) is 7.52. The molecule has 142 valence electrons. The SMILES string of the molecule is Cc1c(O)ccc2c(CSc3nnc(C)n3Cc3ccccc3)cc(=O)oc12. The first kappa shape index (κ1) is 18.3. The van der Waals surface area contributed by atoms with Crippen LogP contribution in [0.1, 0.15) is 22.5 Å². The van der Waals surface area contributed by atoms with E-state index in [1.165, 1.54) is 23.4 Å². The van der Waals surface area contributed by atoms with Crippen LogP contribution < -0.4 is 5.63 Å². The van der Waals surface area contributed by atoms with Crippen LogP contribution in [0, 0.1) is 13.8 Å². The standard InChI is InChI=1S/C21H19N3O3S/c1-13-18(25)9-8-17-16(10-19(26)27-20(13)17)12-28-21-23-22-14(2)24(21)11-15-6-4-3-5-7-15/h3-10,25H,11-12H2,1-2H3. The Morgan fingerprint density at radius 3 is 2.68 bits per heavy atom. The summed E-state index contributed by atoms with van der Waals surface area (Å²) in [7, 11) is 0. The Morgan fingerprint density at radius 1 is 1.11 bits per heavy atom. The third-order valence-corrected chi connectivity index (χ3v) is 5.68. The summed E-state index contributed by atoms with van der Waals surface area (Å²) in [6, 6.07) is 15.0. The van der Waals surface area contributed by atoms with Crippen molar-refractivity contribution >= 4 is 22.7 Å². The fourth-order valence-corrected chi connectivity index (χ4v) is 4.07. The molecule has 0 radical (unpaired) electrons. The highest BCUT2D eigenvalue weighted by Gasteiger charge is 2.14. The molecular weight excluding hydrogens is 374 g/mol. The summed E-state index contributed by atoms with van der Waals surface area (Å²) in [6.07, 6.45) is 0. The molecule has 4 aromatic rings. The Morgan fingerprint density at radius 2 is 1.89 bits per heavy atom. The minimum Gasteiger partial charge on any atom is -0.508 e. The van der Waals surface area contributed by atoms with Crippen molar-refractivity contribution in [2.75, 3.05) is 0 Å². The highest BCUT2D eigenvalue weighted by atomic mass is 32.2. The second-order valence-electron chi connectivity index (χ2n) is 6.57. The molecular formula is C21H19N3O3S. The quantitative estimate of drug-likeness (QED) is 0.407. The van der Waals surface area contributed by atoms with Crippen molar-refractivity contribution in [3.63, 3.8) is 0 Å². The molecule has 0 saturated heterocycles. The zero-order chi connectivity index (χ0) is 19.7. The van der Waals surface area contributed by atoms with Gasteiger partial charge in [-0.05, 0) is 37.1 Å². The summed E-state index contributed by atoms with van der Waals surface area (Å²) in [5.74, 6) is 1.49. The number of aromatic nitrogens is 3. The molecule has 0 aliphatic heterocycles. The Hall–Kier alpha value is -3.06. The van der Waals surface area contributed by atoms with E-state index in [1.807, 2.05) is 25.1 Å². The lowest BCUT2D eigenvalue weighted by Crippen LogP contribution is -2.04. The van der Waals surface area contributed by atoms with E-state index in [4.69, 9.17) is 4.42 Å². The van der Waals surface area contributed by atoms with Crippen LogP contribution in [0.15, 0.2) is 62.9 Å². The van der Waals surface area contributed by atoms with Crippen LogP contribution in [0.5, 0.6) is 5.75 Å². The summed E-state index contributed by atoms with van der Waals surface area (Å²) in [4.78, 5) is 12.0. The average molecular weight is 393 g/mol. The van der Waals surface area contributed by atoms with E-state index >= 15 is 0 Å². The maximum atomic E-state index is 12.0. The first-order valence-corrected chi connectivity index (χ1v) is 9.83. The van der Waals surface area contributed by atoms with Gasteiger partial charge in [-0.15, -0.1) is 10.2 Å².